The Labute approximate surface area is 198 Å². The van der Waals surface area contributed by atoms with E-state index < -0.39 is 0 Å². The molecule has 2 aromatic heterocycles. The summed E-state index contributed by atoms with van der Waals surface area (Å²) >= 11 is 3.75. The number of nitrogens with one attached hydrogen (secondary N) is 1. The standard InChI is InChI=1S/C25H30BrN5O/c1-5-30(6-2)22-10-9-19(15-21(22)26)29-24-20-14-17(3)31(16-18(20)11-13-27-24)25-23(32-4)8-7-12-28-25/h7-13,15,17H,5-6,14,16H2,1-4H3,(H,27,29). The van der Waals surface area contributed by atoms with Gasteiger partial charge in [0, 0.05) is 53.8 Å². The quantitative estimate of drug-likeness (QED) is 0.447. The summed E-state index contributed by atoms with van der Waals surface area (Å²) in [5.74, 6) is 2.60. The fourth-order valence-electron chi connectivity index (χ4n) is 4.34. The second-order valence-electron chi connectivity index (χ2n) is 7.97. The van der Waals surface area contributed by atoms with Crippen LogP contribution in [0.15, 0.2) is 53.3 Å². The monoisotopic (exact) mass is 495 g/mol. The fraction of sp³-hybridized carbons (Fsp3) is 0.360. The van der Waals surface area contributed by atoms with E-state index in [-0.39, 0.29) is 6.04 Å². The van der Waals surface area contributed by atoms with Gasteiger partial charge in [-0.3, -0.25) is 0 Å². The van der Waals surface area contributed by atoms with Crippen molar-refractivity contribution in [1.82, 2.24) is 9.97 Å². The van der Waals surface area contributed by atoms with E-state index in [2.05, 4.69) is 86.1 Å². The van der Waals surface area contributed by atoms with Crippen molar-refractivity contribution in [3.05, 3.63) is 64.4 Å². The van der Waals surface area contributed by atoms with Crippen LogP contribution in [0.5, 0.6) is 5.75 Å². The number of pyridine rings is 2. The third-order valence-corrected chi connectivity index (χ3v) is 6.72. The number of hydrogen-bond acceptors (Lipinski definition) is 6. The van der Waals surface area contributed by atoms with Crippen molar-refractivity contribution in [2.45, 2.75) is 39.8 Å². The van der Waals surface area contributed by atoms with Crippen LogP contribution in [0.1, 0.15) is 31.9 Å². The Morgan fingerprint density at radius 1 is 1.16 bits per heavy atom. The van der Waals surface area contributed by atoms with Gasteiger partial charge in [0.2, 0.25) is 0 Å². The largest absolute Gasteiger partial charge is 0.493 e. The van der Waals surface area contributed by atoms with Crippen molar-refractivity contribution < 1.29 is 4.74 Å². The lowest BCUT2D eigenvalue weighted by atomic mass is 9.95. The zero-order valence-electron chi connectivity index (χ0n) is 19.1. The molecule has 0 saturated carbocycles. The maximum absolute atomic E-state index is 5.55. The van der Waals surface area contributed by atoms with Gasteiger partial charge in [-0.2, -0.15) is 0 Å². The maximum Gasteiger partial charge on any atom is 0.171 e. The van der Waals surface area contributed by atoms with Gasteiger partial charge < -0.3 is 19.9 Å². The molecule has 1 aliphatic rings. The Morgan fingerprint density at radius 3 is 2.69 bits per heavy atom. The van der Waals surface area contributed by atoms with E-state index >= 15 is 0 Å². The molecule has 6 nitrogen and oxygen atoms in total. The van der Waals surface area contributed by atoms with Crippen LogP contribution in [-0.4, -0.2) is 36.2 Å². The second-order valence-corrected chi connectivity index (χ2v) is 8.83. The lowest BCUT2D eigenvalue weighted by Gasteiger charge is -2.37. The molecule has 3 aromatic rings. The predicted molar refractivity (Wildman–Crippen MR) is 135 cm³/mol. The minimum absolute atomic E-state index is 0.271. The molecule has 4 rings (SSSR count). The van der Waals surface area contributed by atoms with Gasteiger partial charge in [-0.25, -0.2) is 9.97 Å². The molecule has 168 valence electrons. The molecule has 0 amide bonds. The Morgan fingerprint density at radius 2 is 1.97 bits per heavy atom. The summed E-state index contributed by atoms with van der Waals surface area (Å²) in [6.07, 6.45) is 4.58. The SMILES string of the molecule is CCN(CC)c1ccc(Nc2nccc3c2CC(C)N(c2ncccc2OC)C3)cc1Br. The van der Waals surface area contributed by atoms with Crippen LogP contribution in [0.3, 0.4) is 0 Å². The van der Waals surface area contributed by atoms with E-state index in [1.165, 1.54) is 16.8 Å². The number of fused-ring (bicyclic) bond motifs is 1. The van der Waals surface area contributed by atoms with E-state index in [1.807, 2.05) is 24.5 Å². The molecule has 0 saturated heterocycles. The van der Waals surface area contributed by atoms with E-state index in [0.29, 0.717) is 0 Å². The highest BCUT2D eigenvalue weighted by Gasteiger charge is 2.28. The van der Waals surface area contributed by atoms with Gasteiger partial charge >= 0.3 is 0 Å². The Balaban J connectivity index is 1.60. The van der Waals surface area contributed by atoms with Crippen LogP contribution >= 0.6 is 15.9 Å². The zero-order valence-corrected chi connectivity index (χ0v) is 20.7. The van der Waals surface area contributed by atoms with Crippen LogP contribution in [0.25, 0.3) is 0 Å². The highest BCUT2D eigenvalue weighted by atomic mass is 79.9. The van der Waals surface area contributed by atoms with Crippen LogP contribution in [0.2, 0.25) is 0 Å². The summed E-state index contributed by atoms with van der Waals surface area (Å²) in [5.41, 5.74) is 4.74. The van der Waals surface area contributed by atoms with Crippen molar-refractivity contribution in [2.75, 3.05) is 35.3 Å². The molecule has 0 fully saturated rings. The molecule has 3 heterocycles. The molecule has 1 aliphatic heterocycles. The molecule has 7 heteroatoms. The van der Waals surface area contributed by atoms with Crippen LogP contribution < -0.4 is 19.9 Å². The Kier molecular flexibility index (Phi) is 6.84. The van der Waals surface area contributed by atoms with Gasteiger partial charge in [-0.05, 0) is 85.1 Å². The second kappa shape index (κ2) is 9.77. The molecule has 0 spiro atoms. The first-order valence-electron chi connectivity index (χ1n) is 11.1. The Hall–Kier alpha value is -2.80. The first kappa shape index (κ1) is 22.4. The summed E-state index contributed by atoms with van der Waals surface area (Å²) in [4.78, 5) is 13.9. The van der Waals surface area contributed by atoms with Gasteiger partial charge in [0.1, 0.15) is 5.82 Å². The summed E-state index contributed by atoms with van der Waals surface area (Å²) in [5, 5.41) is 3.55. The van der Waals surface area contributed by atoms with Gasteiger partial charge in [-0.1, -0.05) is 0 Å². The van der Waals surface area contributed by atoms with Crippen molar-refractivity contribution in [3.8, 4) is 5.75 Å². The number of anilines is 4. The van der Waals surface area contributed by atoms with E-state index in [4.69, 9.17) is 4.74 Å². The molecule has 1 unspecified atom stereocenters. The van der Waals surface area contributed by atoms with Gasteiger partial charge in [0.15, 0.2) is 11.6 Å². The Bertz CT molecular complexity index is 1090. The molecular weight excluding hydrogens is 466 g/mol. The molecule has 1 aromatic carbocycles. The number of halogens is 1. The normalized spacial score (nSPS) is 15.3. The number of rotatable bonds is 7. The molecule has 0 bridgehead atoms. The number of benzene rings is 1. The summed E-state index contributed by atoms with van der Waals surface area (Å²) in [6.45, 7) is 9.30. The smallest absolute Gasteiger partial charge is 0.171 e. The molecule has 0 radical (unpaired) electrons. The highest BCUT2D eigenvalue weighted by molar-refractivity contribution is 9.10. The van der Waals surface area contributed by atoms with E-state index in [0.717, 1.165) is 53.6 Å². The van der Waals surface area contributed by atoms with Crippen molar-refractivity contribution >= 4 is 38.9 Å². The summed E-state index contributed by atoms with van der Waals surface area (Å²) in [7, 11) is 1.69. The van der Waals surface area contributed by atoms with E-state index in [1.54, 1.807) is 7.11 Å². The first-order chi connectivity index (χ1) is 15.5. The van der Waals surface area contributed by atoms with E-state index in [9.17, 15) is 0 Å². The van der Waals surface area contributed by atoms with Crippen molar-refractivity contribution in [1.29, 1.82) is 0 Å². The van der Waals surface area contributed by atoms with Crippen LogP contribution in [0.4, 0.5) is 23.0 Å². The number of hydrogen-bond donors (Lipinski definition) is 1. The lowest BCUT2D eigenvalue weighted by molar-refractivity contribution is 0.409. The maximum atomic E-state index is 5.55. The molecule has 1 atom stereocenters. The fourth-order valence-corrected chi connectivity index (χ4v) is 4.97. The van der Waals surface area contributed by atoms with Crippen molar-refractivity contribution in [2.24, 2.45) is 0 Å². The highest BCUT2D eigenvalue weighted by Crippen LogP contribution is 2.36. The summed E-state index contributed by atoms with van der Waals surface area (Å²) < 4.78 is 6.64. The predicted octanol–water partition coefficient (Wildman–Crippen LogP) is 5.79. The summed E-state index contributed by atoms with van der Waals surface area (Å²) in [6, 6.07) is 12.7. The lowest BCUT2D eigenvalue weighted by Crippen LogP contribution is -2.39. The molecule has 32 heavy (non-hydrogen) atoms. The first-order valence-corrected chi connectivity index (χ1v) is 11.9. The number of aromatic nitrogens is 2. The van der Waals surface area contributed by atoms with Crippen LogP contribution in [-0.2, 0) is 13.0 Å². The van der Waals surface area contributed by atoms with Gasteiger partial charge in [-0.15, -0.1) is 0 Å². The molecular formula is C25H30BrN5O. The average Bonchev–Trinajstić information content (AvgIpc) is 2.81. The minimum atomic E-state index is 0.271. The topological polar surface area (TPSA) is 53.5 Å². The van der Waals surface area contributed by atoms with Gasteiger partial charge in [0.25, 0.3) is 0 Å². The van der Waals surface area contributed by atoms with Crippen molar-refractivity contribution in [3.63, 3.8) is 0 Å². The minimum Gasteiger partial charge on any atom is -0.493 e. The molecule has 0 aliphatic carbocycles. The van der Waals surface area contributed by atoms with Gasteiger partial charge in [0.05, 0.1) is 12.8 Å². The third-order valence-electron chi connectivity index (χ3n) is 6.08. The number of methoxy groups -OCH3 is 1. The number of ether oxygens (including phenoxy) is 1. The molecule has 1 N–H and O–H groups in total. The third kappa shape index (κ3) is 4.39. The zero-order chi connectivity index (χ0) is 22.7. The average molecular weight is 496 g/mol. The number of nitrogens with zero attached hydrogens (tertiary/aromatic N) is 4. The van der Waals surface area contributed by atoms with Crippen LogP contribution in [0, 0.1) is 0 Å².